The second kappa shape index (κ2) is 4.83. The Morgan fingerprint density at radius 3 is 2.50 bits per heavy atom. The Labute approximate surface area is 95.7 Å². The molecule has 1 atom stereocenters. The minimum atomic E-state index is -0.607. The number of rotatable bonds is 2. The van der Waals surface area contributed by atoms with Crippen molar-refractivity contribution in [3.05, 3.63) is 29.6 Å². The Kier molecular flexibility index (Phi) is 3.44. The molecule has 1 unspecified atom stereocenters. The SMILES string of the molecule is CC(O)c1ccc(N2CCCCC2)c(F)c1. The number of aliphatic hydroxyl groups is 1. The van der Waals surface area contributed by atoms with E-state index in [2.05, 4.69) is 4.90 Å². The number of benzene rings is 1. The van der Waals surface area contributed by atoms with Gasteiger partial charge in [0.05, 0.1) is 11.8 Å². The summed E-state index contributed by atoms with van der Waals surface area (Å²) in [6.45, 7) is 3.52. The largest absolute Gasteiger partial charge is 0.389 e. The fraction of sp³-hybridized carbons (Fsp3) is 0.538. The number of aliphatic hydroxyl groups excluding tert-OH is 1. The molecule has 0 spiro atoms. The topological polar surface area (TPSA) is 23.5 Å². The van der Waals surface area contributed by atoms with Crippen LogP contribution in [0.5, 0.6) is 0 Å². The van der Waals surface area contributed by atoms with E-state index in [9.17, 15) is 9.50 Å². The highest BCUT2D eigenvalue weighted by Crippen LogP contribution is 2.25. The van der Waals surface area contributed by atoms with Gasteiger partial charge in [-0.3, -0.25) is 0 Å². The van der Waals surface area contributed by atoms with Crippen LogP contribution in [0.1, 0.15) is 37.9 Å². The quantitative estimate of drug-likeness (QED) is 0.833. The van der Waals surface area contributed by atoms with Crippen LogP contribution in [0.3, 0.4) is 0 Å². The molecular formula is C13H18FNO. The van der Waals surface area contributed by atoms with Gasteiger partial charge in [-0.05, 0) is 43.9 Å². The third-order valence-electron chi connectivity index (χ3n) is 3.15. The molecule has 1 heterocycles. The lowest BCUT2D eigenvalue weighted by Crippen LogP contribution is -2.30. The highest BCUT2D eigenvalue weighted by molar-refractivity contribution is 5.49. The molecule has 0 aromatic heterocycles. The molecule has 0 radical (unpaired) electrons. The standard InChI is InChI=1S/C13H18FNO/c1-10(16)11-5-6-13(12(14)9-11)15-7-3-2-4-8-15/h5-6,9-10,16H,2-4,7-8H2,1H3. The summed E-state index contributed by atoms with van der Waals surface area (Å²) in [4.78, 5) is 2.09. The van der Waals surface area contributed by atoms with E-state index in [1.165, 1.54) is 12.5 Å². The second-order valence-electron chi connectivity index (χ2n) is 4.43. The monoisotopic (exact) mass is 223 g/mol. The lowest BCUT2D eigenvalue weighted by molar-refractivity contribution is 0.199. The second-order valence-corrected chi connectivity index (χ2v) is 4.43. The fourth-order valence-corrected chi connectivity index (χ4v) is 2.17. The van der Waals surface area contributed by atoms with Crippen LogP contribution >= 0.6 is 0 Å². The summed E-state index contributed by atoms with van der Waals surface area (Å²) in [7, 11) is 0. The normalized spacial score (nSPS) is 18.6. The molecular weight excluding hydrogens is 205 g/mol. The minimum absolute atomic E-state index is 0.222. The molecule has 88 valence electrons. The first-order valence-corrected chi connectivity index (χ1v) is 5.91. The van der Waals surface area contributed by atoms with E-state index < -0.39 is 6.10 Å². The molecule has 1 fully saturated rings. The third kappa shape index (κ3) is 2.35. The van der Waals surface area contributed by atoms with Gasteiger partial charge in [0.15, 0.2) is 0 Å². The van der Waals surface area contributed by atoms with Crippen LogP contribution in [-0.2, 0) is 0 Å². The summed E-state index contributed by atoms with van der Waals surface area (Å²) in [5, 5.41) is 9.37. The van der Waals surface area contributed by atoms with Gasteiger partial charge in [0.1, 0.15) is 5.82 Å². The van der Waals surface area contributed by atoms with E-state index in [1.54, 1.807) is 19.1 Å². The zero-order valence-corrected chi connectivity index (χ0v) is 9.62. The smallest absolute Gasteiger partial charge is 0.146 e. The van der Waals surface area contributed by atoms with Crippen molar-refractivity contribution in [3.8, 4) is 0 Å². The molecule has 0 aliphatic carbocycles. The van der Waals surface area contributed by atoms with Crippen molar-refractivity contribution in [2.24, 2.45) is 0 Å². The van der Waals surface area contributed by atoms with Gasteiger partial charge in [0.25, 0.3) is 0 Å². The van der Waals surface area contributed by atoms with Crippen molar-refractivity contribution in [1.29, 1.82) is 0 Å². The van der Waals surface area contributed by atoms with Gasteiger partial charge in [-0.25, -0.2) is 4.39 Å². The Bertz CT molecular complexity index is 359. The average molecular weight is 223 g/mol. The van der Waals surface area contributed by atoms with Gasteiger partial charge in [-0.2, -0.15) is 0 Å². The van der Waals surface area contributed by atoms with Gasteiger partial charge in [-0.1, -0.05) is 6.07 Å². The van der Waals surface area contributed by atoms with Crippen molar-refractivity contribution in [3.63, 3.8) is 0 Å². The summed E-state index contributed by atoms with van der Waals surface area (Å²) in [5.41, 5.74) is 1.31. The van der Waals surface area contributed by atoms with Gasteiger partial charge in [-0.15, -0.1) is 0 Å². The summed E-state index contributed by atoms with van der Waals surface area (Å²) >= 11 is 0. The van der Waals surface area contributed by atoms with Crippen LogP contribution in [-0.4, -0.2) is 18.2 Å². The Morgan fingerprint density at radius 2 is 1.94 bits per heavy atom. The van der Waals surface area contributed by atoms with Crippen LogP contribution in [0.15, 0.2) is 18.2 Å². The minimum Gasteiger partial charge on any atom is -0.389 e. The molecule has 16 heavy (non-hydrogen) atoms. The predicted molar refractivity (Wildman–Crippen MR) is 63.1 cm³/mol. The molecule has 1 aromatic rings. The van der Waals surface area contributed by atoms with Crippen LogP contribution in [0.2, 0.25) is 0 Å². The predicted octanol–water partition coefficient (Wildman–Crippen LogP) is 2.87. The van der Waals surface area contributed by atoms with Crippen LogP contribution in [0.25, 0.3) is 0 Å². The highest BCUT2D eigenvalue weighted by atomic mass is 19.1. The number of anilines is 1. The molecule has 3 heteroatoms. The maximum absolute atomic E-state index is 13.8. The molecule has 0 bridgehead atoms. The maximum Gasteiger partial charge on any atom is 0.146 e. The summed E-state index contributed by atoms with van der Waals surface area (Å²) in [6, 6.07) is 5.02. The van der Waals surface area contributed by atoms with Gasteiger partial charge >= 0.3 is 0 Å². The van der Waals surface area contributed by atoms with Crippen molar-refractivity contribution in [2.45, 2.75) is 32.3 Å². The lowest BCUT2D eigenvalue weighted by atomic mass is 10.1. The van der Waals surface area contributed by atoms with E-state index in [0.717, 1.165) is 25.9 Å². The first kappa shape index (κ1) is 11.4. The van der Waals surface area contributed by atoms with Crippen molar-refractivity contribution in [1.82, 2.24) is 0 Å². The molecule has 1 aliphatic rings. The van der Waals surface area contributed by atoms with Crippen LogP contribution < -0.4 is 4.90 Å². The molecule has 0 saturated carbocycles. The van der Waals surface area contributed by atoms with Gasteiger partial charge in [0.2, 0.25) is 0 Å². The molecule has 0 amide bonds. The van der Waals surface area contributed by atoms with Crippen molar-refractivity contribution < 1.29 is 9.50 Å². The zero-order chi connectivity index (χ0) is 11.5. The number of hydrogen-bond donors (Lipinski definition) is 1. The summed E-state index contributed by atoms with van der Waals surface area (Å²) < 4.78 is 13.8. The van der Waals surface area contributed by atoms with E-state index in [0.29, 0.717) is 11.3 Å². The van der Waals surface area contributed by atoms with Crippen LogP contribution in [0.4, 0.5) is 10.1 Å². The highest BCUT2D eigenvalue weighted by Gasteiger charge is 2.15. The Balaban J connectivity index is 2.21. The summed E-state index contributed by atoms with van der Waals surface area (Å²) in [6.07, 6.45) is 2.91. The third-order valence-corrected chi connectivity index (χ3v) is 3.15. The fourth-order valence-electron chi connectivity index (χ4n) is 2.17. The first-order valence-electron chi connectivity index (χ1n) is 5.91. The number of halogens is 1. The van der Waals surface area contributed by atoms with Crippen LogP contribution in [0, 0.1) is 5.82 Å². The van der Waals surface area contributed by atoms with E-state index in [-0.39, 0.29) is 5.82 Å². The number of hydrogen-bond acceptors (Lipinski definition) is 2. The van der Waals surface area contributed by atoms with Gasteiger partial charge in [0, 0.05) is 13.1 Å². The molecule has 1 aromatic carbocycles. The number of nitrogens with zero attached hydrogens (tertiary/aromatic N) is 1. The average Bonchev–Trinajstić information content (AvgIpc) is 2.30. The number of piperidine rings is 1. The molecule has 2 nitrogen and oxygen atoms in total. The summed E-state index contributed by atoms with van der Waals surface area (Å²) in [5.74, 6) is -0.222. The first-order chi connectivity index (χ1) is 7.68. The molecule has 1 saturated heterocycles. The van der Waals surface area contributed by atoms with E-state index in [1.807, 2.05) is 0 Å². The van der Waals surface area contributed by atoms with Crippen molar-refractivity contribution in [2.75, 3.05) is 18.0 Å². The van der Waals surface area contributed by atoms with E-state index >= 15 is 0 Å². The van der Waals surface area contributed by atoms with Gasteiger partial charge < -0.3 is 10.0 Å². The maximum atomic E-state index is 13.8. The molecule has 2 rings (SSSR count). The van der Waals surface area contributed by atoms with Crippen molar-refractivity contribution >= 4 is 5.69 Å². The molecule has 1 aliphatic heterocycles. The van der Waals surface area contributed by atoms with E-state index in [4.69, 9.17) is 0 Å². The molecule has 1 N–H and O–H groups in total. The lowest BCUT2D eigenvalue weighted by Gasteiger charge is -2.29. The Morgan fingerprint density at radius 1 is 1.25 bits per heavy atom. The Hall–Kier alpha value is -1.09. The zero-order valence-electron chi connectivity index (χ0n) is 9.62.